The molecule has 60 valence electrons. The van der Waals surface area contributed by atoms with Crippen LogP contribution in [0.5, 0.6) is 0 Å². The highest BCUT2D eigenvalue weighted by Gasteiger charge is 2.24. The topological polar surface area (TPSA) is 49.7 Å². The van der Waals surface area contributed by atoms with Gasteiger partial charge in [-0.05, 0) is 0 Å². The van der Waals surface area contributed by atoms with Gasteiger partial charge in [0.2, 0.25) is 0 Å². The monoisotopic (exact) mass is 161 g/mol. The lowest BCUT2D eigenvalue weighted by molar-refractivity contribution is 0.100. The Hall–Kier alpha value is -1.64. The summed E-state index contributed by atoms with van der Waals surface area (Å²) in [6, 6.07) is 7.16. The van der Waals surface area contributed by atoms with Gasteiger partial charge in [0.1, 0.15) is 0 Å². The Bertz CT molecular complexity index is 369. The van der Waals surface area contributed by atoms with E-state index < -0.39 is 0 Å². The van der Waals surface area contributed by atoms with E-state index in [1.54, 1.807) is 18.2 Å². The van der Waals surface area contributed by atoms with Gasteiger partial charge in [-0.1, -0.05) is 29.4 Å². The van der Waals surface area contributed by atoms with Gasteiger partial charge in [-0.2, -0.15) is 0 Å². The molecule has 0 saturated carbocycles. The van der Waals surface area contributed by atoms with Crippen molar-refractivity contribution in [1.82, 2.24) is 0 Å². The standard InChI is InChI=1S/C9H7NO2/c11-9-5-8(10-12)6-3-1-2-4-7(6)9/h1-4,12H,5H2/b10-8+. The average Bonchev–Trinajstić information content (AvgIpc) is 2.44. The molecule has 1 aromatic carbocycles. The number of carbonyl (C=O) groups is 1. The Balaban J connectivity index is 2.65. The molecule has 0 spiro atoms. The summed E-state index contributed by atoms with van der Waals surface area (Å²) in [4.78, 5) is 11.2. The van der Waals surface area contributed by atoms with Crippen molar-refractivity contribution in [3.8, 4) is 0 Å². The molecule has 0 saturated heterocycles. The number of hydrogen-bond acceptors (Lipinski definition) is 3. The summed E-state index contributed by atoms with van der Waals surface area (Å²) >= 11 is 0. The molecule has 3 heteroatoms. The van der Waals surface area contributed by atoms with Crippen molar-refractivity contribution in [2.45, 2.75) is 6.42 Å². The maximum atomic E-state index is 11.2. The van der Waals surface area contributed by atoms with Gasteiger partial charge in [-0.15, -0.1) is 0 Å². The first-order valence-electron chi connectivity index (χ1n) is 3.66. The smallest absolute Gasteiger partial charge is 0.169 e. The van der Waals surface area contributed by atoms with Gasteiger partial charge in [0.05, 0.1) is 12.1 Å². The van der Waals surface area contributed by atoms with Crippen LogP contribution in [0.15, 0.2) is 29.4 Å². The molecule has 0 radical (unpaired) electrons. The highest BCUT2D eigenvalue weighted by Crippen LogP contribution is 2.21. The molecule has 0 aliphatic heterocycles. The van der Waals surface area contributed by atoms with Crippen LogP contribution in [0.4, 0.5) is 0 Å². The highest BCUT2D eigenvalue weighted by atomic mass is 16.4. The summed E-state index contributed by atoms with van der Waals surface area (Å²) in [6.45, 7) is 0. The fourth-order valence-electron chi connectivity index (χ4n) is 1.41. The van der Waals surface area contributed by atoms with Gasteiger partial charge < -0.3 is 5.21 Å². The maximum Gasteiger partial charge on any atom is 0.169 e. The average molecular weight is 161 g/mol. The zero-order valence-electron chi connectivity index (χ0n) is 6.32. The van der Waals surface area contributed by atoms with Crippen LogP contribution in [0.3, 0.4) is 0 Å². The van der Waals surface area contributed by atoms with E-state index >= 15 is 0 Å². The van der Waals surface area contributed by atoms with Crippen molar-refractivity contribution in [3.63, 3.8) is 0 Å². The minimum absolute atomic E-state index is 0.0263. The number of oxime groups is 1. The summed E-state index contributed by atoms with van der Waals surface area (Å²) in [5.41, 5.74) is 1.88. The molecule has 0 heterocycles. The third kappa shape index (κ3) is 0.830. The summed E-state index contributed by atoms with van der Waals surface area (Å²) in [5, 5.41) is 11.6. The van der Waals surface area contributed by atoms with Crippen LogP contribution in [0.1, 0.15) is 22.3 Å². The van der Waals surface area contributed by atoms with Crippen LogP contribution in [0.25, 0.3) is 0 Å². The number of carbonyl (C=O) groups excluding carboxylic acids is 1. The van der Waals surface area contributed by atoms with Crippen LogP contribution in [-0.4, -0.2) is 16.7 Å². The zero-order valence-corrected chi connectivity index (χ0v) is 6.32. The number of ketones is 1. The Morgan fingerprint density at radius 1 is 1.25 bits per heavy atom. The molecular formula is C9H7NO2. The fraction of sp³-hybridized carbons (Fsp3) is 0.111. The summed E-state index contributed by atoms with van der Waals surface area (Å²) in [5.74, 6) is 0.0263. The molecule has 0 amide bonds. The first-order valence-corrected chi connectivity index (χ1v) is 3.66. The second-order valence-corrected chi connectivity index (χ2v) is 2.69. The number of rotatable bonds is 0. The van der Waals surface area contributed by atoms with E-state index in [4.69, 9.17) is 5.21 Å². The van der Waals surface area contributed by atoms with Crippen molar-refractivity contribution >= 4 is 11.5 Å². The number of nitrogens with zero attached hydrogens (tertiary/aromatic N) is 1. The third-order valence-corrected chi connectivity index (χ3v) is 1.99. The Morgan fingerprint density at radius 2 is 1.92 bits per heavy atom. The van der Waals surface area contributed by atoms with E-state index in [0.29, 0.717) is 11.3 Å². The molecule has 0 fully saturated rings. The highest BCUT2D eigenvalue weighted by molar-refractivity contribution is 6.26. The lowest BCUT2D eigenvalue weighted by Gasteiger charge is -1.93. The van der Waals surface area contributed by atoms with Gasteiger partial charge in [-0.25, -0.2) is 0 Å². The largest absolute Gasteiger partial charge is 0.411 e. The van der Waals surface area contributed by atoms with Crippen molar-refractivity contribution in [1.29, 1.82) is 0 Å². The minimum atomic E-state index is 0.0263. The van der Waals surface area contributed by atoms with Gasteiger partial charge in [-0.3, -0.25) is 4.79 Å². The summed E-state index contributed by atoms with van der Waals surface area (Å²) < 4.78 is 0. The molecule has 1 aromatic rings. The third-order valence-electron chi connectivity index (χ3n) is 1.99. The molecule has 0 atom stereocenters. The van der Waals surface area contributed by atoms with Crippen LogP contribution in [-0.2, 0) is 0 Å². The van der Waals surface area contributed by atoms with E-state index in [1.165, 1.54) is 0 Å². The maximum absolute atomic E-state index is 11.2. The lowest BCUT2D eigenvalue weighted by atomic mass is 10.1. The molecule has 2 rings (SSSR count). The Labute approximate surface area is 69.3 Å². The first-order chi connectivity index (χ1) is 5.83. The van der Waals surface area contributed by atoms with E-state index in [-0.39, 0.29) is 12.2 Å². The van der Waals surface area contributed by atoms with E-state index in [1.807, 2.05) is 6.07 Å². The molecule has 1 aliphatic rings. The molecule has 12 heavy (non-hydrogen) atoms. The predicted molar refractivity (Wildman–Crippen MR) is 43.7 cm³/mol. The van der Waals surface area contributed by atoms with Crippen molar-refractivity contribution in [3.05, 3.63) is 35.4 Å². The predicted octanol–water partition coefficient (Wildman–Crippen LogP) is 1.45. The molecule has 1 aliphatic carbocycles. The van der Waals surface area contributed by atoms with Crippen LogP contribution in [0.2, 0.25) is 0 Å². The molecule has 1 N–H and O–H groups in total. The summed E-state index contributed by atoms with van der Waals surface area (Å²) in [6.07, 6.45) is 0.218. The fourth-order valence-corrected chi connectivity index (χ4v) is 1.41. The van der Waals surface area contributed by atoms with E-state index in [0.717, 1.165) is 5.56 Å². The normalized spacial score (nSPS) is 18.3. The number of fused-ring (bicyclic) bond motifs is 1. The Morgan fingerprint density at radius 3 is 2.58 bits per heavy atom. The second-order valence-electron chi connectivity index (χ2n) is 2.69. The zero-order chi connectivity index (χ0) is 8.55. The van der Waals surface area contributed by atoms with Gasteiger partial charge in [0.25, 0.3) is 0 Å². The lowest BCUT2D eigenvalue weighted by Crippen LogP contribution is -1.93. The Kier molecular flexibility index (Phi) is 1.43. The number of benzene rings is 1. The molecule has 0 bridgehead atoms. The summed E-state index contributed by atoms with van der Waals surface area (Å²) in [7, 11) is 0. The van der Waals surface area contributed by atoms with Crippen molar-refractivity contribution < 1.29 is 10.0 Å². The van der Waals surface area contributed by atoms with Gasteiger partial charge in [0.15, 0.2) is 5.78 Å². The quantitative estimate of drug-likeness (QED) is 0.462. The minimum Gasteiger partial charge on any atom is -0.411 e. The van der Waals surface area contributed by atoms with Gasteiger partial charge >= 0.3 is 0 Å². The van der Waals surface area contributed by atoms with E-state index in [2.05, 4.69) is 5.16 Å². The van der Waals surface area contributed by atoms with Crippen LogP contribution >= 0.6 is 0 Å². The van der Waals surface area contributed by atoms with Gasteiger partial charge in [0, 0.05) is 11.1 Å². The second kappa shape index (κ2) is 2.44. The first kappa shape index (κ1) is 7.03. The molecular weight excluding hydrogens is 154 g/mol. The van der Waals surface area contributed by atoms with Crippen LogP contribution < -0.4 is 0 Å². The molecule has 0 unspecified atom stereocenters. The van der Waals surface area contributed by atoms with E-state index in [9.17, 15) is 4.79 Å². The molecule has 3 nitrogen and oxygen atoms in total. The van der Waals surface area contributed by atoms with Crippen molar-refractivity contribution in [2.24, 2.45) is 5.16 Å². The van der Waals surface area contributed by atoms with Crippen LogP contribution in [0, 0.1) is 0 Å². The SMILES string of the molecule is O=C1C/C(=N\O)c2ccccc21. The van der Waals surface area contributed by atoms with Crippen molar-refractivity contribution in [2.75, 3.05) is 0 Å². The molecule has 0 aromatic heterocycles. The number of hydrogen-bond donors (Lipinski definition) is 1. The number of Topliss-reactive ketones (excluding diaryl/α,β-unsaturated/α-hetero) is 1.